The summed E-state index contributed by atoms with van der Waals surface area (Å²) < 4.78 is 45.1. The number of pyridine rings is 1. The Bertz CT molecular complexity index is 1380. The molecule has 0 bridgehead atoms. The summed E-state index contributed by atoms with van der Waals surface area (Å²) in [5, 5.41) is 2.65. The number of hydrogen-bond donors (Lipinski definition) is 1. The first-order valence-electron chi connectivity index (χ1n) is 12.6. The second-order valence-electron chi connectivity index (χ2n) is 9.32. The number of hydrogen-bond acceptors (Lipinski definition) is 6. The number of morpholine rings is 1. The van der Waals surface area contributed by atoms with Gasteiger partial charge in [0.25, 0.3) is 5.91 Å². The van der Waals surface area contributed by atoms with E-state index in [1.165, 1.54) is 17.8 Å². The van der Waals surface area contributed by atoms with Gasteiger partial charge in [0.15, 0.2) is 0 Å². The van der Waals surface area contributed by atoms with E-state index in [1.54, 1.807) is 18.2 Å². The molecule has 4 heterocycles. The molecular formula is C28H27F3N4O4. The van der Waals surface area contributed by atoms with Gasteiger partial charge in [-0.1, -0.05) is 30.3 Å². The van der Waals surface area contributed by atoms with Crippen molar-refractivity contribution < 1.29 is 32.3 Å². The molecule has 1 saturated heterocycles. The molecular weight excluding hydrogens is 513 g/mol. The Hall–Kier alpha value is -3.96. The van der Waals surface area contributed by atoms with Gasteiger partial charge in [0.1, 0.15) is 0 Å². The van der Waals surface area contributed by atoms with Crippen LogP contribution in [0.15, 0.2) is 48.7 Å². The average Bonchev–Trinajstić information content (AvgIpc) is 3.31. The normalized spacial score (nSPS) is 16.2. The maximum Gasteiger partial charge on any atom is 0.493 e. The highest BCUT2D eigenvalue weighted by atomic mass is 19.4. The lowest BCUT2D eigenvalue weighted by atomic mass is 10.1. The first kappa shape index (κ1) is 26.6. The van der Waals surface area contributed by atoms with E-state index in [0.717, 1.165) is 49.6 Å². The lowest BCUT2D eigenvalue weighted by Crippen LogP contribution is -2.37. The minimum Gasteiger partial charge on any atom is -0.379 e. The summed E-state index contributed by atoms with van der Waals surface area (Å²) in [5.74, 6) is -2.81. The van der Waals surface area contributed by atoms with Gasteiger partial charge < -0.3 is 14.9 Å². The summed E-state index contributed by atoms with van der Waals surface area (Å²) in [6.45, 7) is 4.67. The molecule has 11 heteroatoms. The number of rotatable bonds is 7. The standard InChI is InChI=1S/C28H27F3N4O4/c29-28(30,31)27(37)39-35-24-8-11-33-26(36)23(24)18-25(35)21-7-10-32-22(17-21)6-5-19-1-3-20(4-2-19)9-12-34-13-15-38-16-14-34/h1-7,10,17-18H,8-9,11-16H2,(H,33,36)/b6-5+. The van der Waals surface area contributed by atoms with Crippen LogP contribution < -0.4 is 10.2 Å². The van der Waals surface area contributed by atoms with E-state index in [9.17, 15) is 22.8 Å². The van der Waals surface area contributed by atoms with E-state index in [1.807, 2.05) is 18.2 Å². The van der Waals surface area contributed by atoms with Gasteiger partial charge in [-0.2, -0.15) is 17.9 Å². The molecule has 1 aromatic carbocycles. The molecule has 1 N–H and O–H groups in total. The number of halogens is 3. The van der Waals surface area contributed by atoms with Crippen LogP contribution in [0.2, 0.25) is 0 Å². The van der Waals surface area contributed by atoms with Gasteiger partial charge in [0.2, 0.25) is 0 Å². The number of amides is 1. The molecule has 0 unspecified atom stereocenters. The van der Waals surface area contributed by atoms with Gasteiger partial charge in [0.05, 0.1) is 35.9 Å². The molecule has 2 aliphatic rings. The van der Waals surface area contributed by atoms with Crippen molar-refractivity contribution in [2.24, 2.45) is 0 Å². The third-order valence-corrected chi connectivity index (χ3v) is 6.68. The van der Waals surface area contributed by atoms with Crippen molar-refractivity contribution in [1.82, 2.24) is 19.9 Å². The number of ether oxygens (including phenoxy) is 1. The molecule has 0 radical (unpaired) electrons. The summed E-state index contributed by atoms with van der Waals surface area (Å²) in [6.07, 6.45) is 1.16. The predicted octanol–water partition coefficient (Wildman–Crippen LogP) is 3.40. The van der Waals surface area contributed by atoms with Crippen molar-refractivity contribution in [2.45, 2.75) is 19.0 Å². The second kappa shape index (κ2) is 11.4. The van der Waals surface area contributed by atoms with Crippen molar-refractivity contribution in [3.8, 4) is 11.3 Å². The lowest BCUT2D eigenvalue weighted by Gasteiger charge is -2.26. The fourth-order valence-electron chi connectivity index (χ4n) is 4.58. The van der Waals surface area contributed by atoms with E-state index >= 15 is 0 Å². The Morgan fingerprint density at radius 1 is 1.10 bits per heavy atom. The number of alkyl halides is 3. The molecule has 0 saturated carbocycles. The Morgan fingerprint density at radius 2 is 1.87 bits per heavy atom. The van der Waals surface area contributed by atoms with Crippen molar-refractivity contribution in [3.63, 3.8) is 0 Å². The number of aromatic nitrogens is 2. The van der Waals surface area contributed by atoms with Gasteiger partial charge in [0, 0.05) is 44.4 Å². The quantitative estimate of drug-likeness (QED) is 0.495. The molecule has 0 spiro atoms. The fraction of sp³-hybridized carbons (Fsp3) is 0.321. The molecule has 39 heavy (non-hydrogen) atoms. The highest BCUT2D eigenvalue weighted by Gasteiger charge is 2.43. The number of carbonyl (C=O) groups is 2. The molecule has 5 rings (SSSR count). The van der Waals surface area contributed by atoms with Crippen LogP contribution in [0.25, 0.3) is 23.4 Å². The maximum atomic E-state index is 13.0. The lowest BCUT2D eigenvalue weighted by molar-refractivity contribution is -0.199. The third kappa shape index (κ3) is 6.37. The number of nitrogens with one attached hydrogen (secondary N) is 1. The van der Waals surface area contributed by atoms with Gasteiger partial charge in [-0.25, -0.2) is 4.79 Å². The van der Waals surface area contributed by atoms with Crippen LogP contribution in [-0.4, -0.2) is 72.1 Å². The molecule has 2 aliphatic heterocycles. The van der Waals surface area contributed by atoms with Crippen LogP contribution >= 0.6 is 0 Å². The zero-order chi connectivity index (χ0) is 27.4. The molecule has 8 nitrogen and oxygen atoms in total. The van der Waals surface area contributed by atoms with E-state index in [2.05, 4.69) is 27.3 Å². The Morgan fingerprint density at radius 3 is 2.62 bits per heavy atom. The molecule has 1 amide bonds. The zero-order valence-electron chi connectivity index (χ0n) is 21.0. The van der Waals surface area contributed by atoms with E-state index in [4.69, 9.17) is 9.57 Å². The van der Waals surface area contributed by atoms with Crippen LogP contribution in [0.5, 0.6) is 0 Å². The van der Waals surface area contributed by atoms with Crippen LogP contribution in [0.1, 0.15) is 32.9 Å². The van der Waals surface area contributed by atoms with Crippen molar-refractivity contribution >= 4 is 24.0 Å². The molecule has 3 aromatic rings. The van der Waals surface area contributed by atoms with Crippen molar-refractivity contribution in [2.75, 3.05) is 39.4 Å². The Balaban J connectivity index is 1.33. The summed E-state index contributed by atoms with van der Waals surface area (Å²) in [6, 6.07) is 12.9. The topological polar surface area (TPSA) is 85.7 Å². The van der Waals surface area contributed by atoms with E-state index in [0.29, 0.717) is 11.3 Å². The van der Waals surface area contributed by atoms with Crippen molar-refractivity contribution in [1.29, 1.82) is 0 Å². The minimum atomic E-state index is -5.18. The SMILES string of the molecule is O=C1NCCc2c1cc(-c1ccnc(/C=C/c3ccc(CCN4CCOCC4)cc3)c1)n2OC(=O)C(F)(F)F. The van der Waals surface area contributed by atoms with Crippen molar-refractivity contribution in [3.05, 3.63) is 76.7 Å². The highest BCUT2D eigenvalue weighted by molar-refractivity contribution is 5.98. The van der Waals surface area contributed by atoms with E-state index < -0.39 is 18.1 Å². The molecule has 1 fully saturated rings. The predicted molar refractivity (Wildman–Crippen MR) is 138 cm³/mol. The van der Waals surface area contributed by atoms with E-state index in [-0.39, 0.29) is 29.9 Å². The van der Waals surface area contributed by atoms with Crippen LogP contribution in [0, 0.1) is 0 Å². The summed E-state index contributed by atoms with van der Waals surface area (Å²) in [5.41, 5.74) is 3.70. The largest absolute Gasteiger partial charge is 0.493 e. The van der Waals surface area contributed by atoms with Crippen LogP contribution in [0.4, 0.5) is 13.2 Å². The summed E-state index contributed by atoms with van der Waals surface area (Å²) >= 11 is 0. The Labute approximate surface area is 223 Å². The number of benzene rings is 1. The second-order valence-corrected chi connectivity index (χ2v) is 9.32. The van der Waals surface area contributed by atoms with Crippen LogP contribution in [0.3, 0.4) is 0 Å². The first-order chi connectivity index (χ1) is 18.8. The third-order valence-electron chi connectivity index (χ3n) is 6.68. The number of nitrogens with zero attached hydrogens (tertiary/aromatic N) is 3. The monoisotopic (exact) mass is 540 g/mol. The summed E-state index contributed by atoms with van der Waals surface area (Å²) in [4.78, 5) is 35.4. The molecule has 0 atom stereocenters. The maximum absolute atomic E-state index is 13.0. The molecule has 204 valence electrons. The Kier molecular flexibility index (Phi) is 7.80. The highest BCUT2D eigenvalue weighted by Crippen LogP contribution is 2.29. The van der Waals surface area contributed by atoms with Gasteiger partial charge in [-0.05, 0) is 41.8 Å². The average molecular weight is 541 g/mol. The van der Waals surface area contributed by atoms with Gasteiger partial charge in [-0.15, -0.1) is 0 Å². The zero-order valence-corrected chi connectivity index (χ0v) is 21.0. The molecule has 2 aromatic heterocycles. The van der Waals surface area contributed by atoms with Gasteiger partial charge in [-0.3, -0.25) is 14.7 Å². The van der Waals surface area contributed by atoms with Crippen LogP contribution in [-0.2, 0) is 22.4 Å². The van der Waals surface area contributed by atoms with Gasteiger partial charge >= 0.3 is 12.1 Å². The first-order valence-corrected chi connectivity index (χ1v) is 12.6. The summed E-state index contributed by atoms with van der Waals surface area (Å²) in [7, 11) is 0. The smallest absolute Gasteiger partial charge is 0.379 e. The number of carbonyl (C=O) groups excluding carboxylic acids is 2. The minimum absolute atomic E-state index is 0.149. The molecule has 0 aliphatic carbocycles. The fourth-order valence-corrected chi connectivity index (χ4v) is 4.58. The number of fused-ring (bicyclic) bond motifs is 1.